The monoisotopic (exact) mass is 214 g/mol. The zero-order valence-electron chi connectivity index (χ0n) is 6.14. The summed E-state index contributed by atoms with van der Waals surface area (Å²) in [7, 11) is 0. The number of allylic oxidation sites excluding steroid dienone is 1. The molecule has 0 aliphatic heterocycles. The summed E-state index contributed by atoms with van der Waals surface area (Å²) < 4.78 is 13.2. The molecule has 0 aliphatic carbocycles. The summed E-state index contributed by atoms with van der Waals surface area (Å²) >= 11 is 3.11. The molecule has 2 heteroatoms. The van der Waals surface area contributed by atoms with E-state index in [2.05, 4.69) is 15.9 Å². The standard InChI is InChI=1S/C9H8BrF/c1-2-3-7-4-5-9(11)8(10)6-7/h2-6H,1H3. The van der Waals surface area contributed by atoms with Crippen LogP contribution in [0, 0.1) is 5.82 Å². The molecular formula is C9H8BrF. The third-order valence-corrected chi connectivity index (χ3v) is 1.91. The van der Waals surface area contributed by atoms with Crippen LogP contribution >= 0.6 is 15.9 Å². The predicted molar refractivity (Wildman–Crippen MR) is 48.8 cm³/mol. The molecule has 0 aromatic heterocycles. The van der Waals surface area contributed by atoms with Crippen molar-refractivity contribution in [2.45, 2.75) is 6.92 Å². The minimum atomic E-state index is -0.224. The highest BCUT2D eigenvalue weighted by molar-refractivity contribution is 9.10. The van der Waals surface area contributed by atoms with Crippen LogP contribution in [-0.4, -0.2) is 0 Å². The molecule has 0 heterocycles. The summed E-state index contributed by atoms with van der Waals surface area (Å²) in [6, 6.07) is 4.93. The smallest absolute Gasteiger partial charge is 0.137 e. The molecule has 0 aliphatic rings. The van der Waals surface area contributed by atoms with Crippen molar-refractivity contribution in [3.63, 3.8) is 0 Å². The Hall–Kier alpha value is -0.630. The first kappa shape index (κ1) is 8.47. The Morgan fingerprint density at radius 2 is 2.18 bits per heavy atom. The van der Waals surface area contributed by atoms with Gasteiger partial charge in [-0.1, -0.05) is 18.2 Å². The van der Waals surface area contributed by atoms with Crippen molar-refractivity contribution in [1.82, 2.24) is 0 Å². The third kappa shape index (κ3) is 2.15. The Morgan fingerprint density at radius 3 is 2.73 bits per heavy atom. The van der Waals surface area contributed by atoms with Crippen LogP contribution in [0.5, 0.6) is 0 Å². The van der Waals surface area contributed by atoms with Gasteiger partial charge in [0.1, 0.15) is 5.82 Å². The lowest BCUT2D eigenvalue weighted by molar-refractivity contribution is 0.621. The van der Waals surface area contributed by atoms with Crippen LogP contribution in [0.3, 0.4) is 0 Å². The van der Waals surface area contributed by atoms with E-state index in [4.69, 9.17) is 0 Å². The molecule has 0 saturated heterocycles. The van der Waals surface area contributed by atoms with Crippen molar-refractivity contribution in [1.29, 1.82) is 0 Å². The molecule has 0 N–H and O–H groups in total. The zero-order chi connectivity index (χ0) is 8.27. The lowest BCUT2D eigenvalue weighted by atomic mass is 10.2. The molecule has 0 nitrogen and oxygen atoms in total. The molecule has 0 spiro atoms. The van der Waals surface area contributed by atoms with Crippen molar-refractivity contribution < 1.29 is 4.39 Å². The average molecular weight is 215 g/mol. The van der Waals surface area contributed by atoms with Gasteiger partial charge >= 0.3 is 0 Å². The molecule has 11 heavy (non-hydrogen) atoms. The number of hydrogen-bond acceptors (Lipinski definition) is 0. The maximum Gasteiger partial charge on any atom is 0.137 e. The second kappa shape index (κ2) is 3.67. The van der Waals surface area contributed by atoms with E-state index in [-0.39, 0.29) is 5.82 Å². The highest BCUT2D eigenvalue weighted by atomic mass is 79.9. The topological polar surface area (TPSA) is 0 Å². The fourth-order valence-electron chi connectivity index (χ4n) is 0.809. The molecule has 0 amide bonds. The summed E-state index contributed by atoms with van der Waals surface area (Å²) in [5, 5.41) is 0. The van der Waals surface area contributed by atoms with E-state index in [1.165, 1.54) is 6.07 Å². The summed E-state index contributed by atoms with van der Waals surface area (Å²) in [5.74, 6) is -0.224. The molecule has 1 aromatic rings. The van der Waals surface area contributed by atoms with Gasteiger partial charge in [-0.3, -0.25) is 0 Å². The number of hydrogen-bond donors (Lipinski definition) is 0. The Bertz CT molecular complexity index is 279. The van der Waals surface area contributed by atoms with E-state index in [1.54, 1.807) is 12.1 Å². The van der Waals surface area contributed by atoms with E-state index < -0.39 is 0 Å². The SMILES string of the molecule is CC=Cc1ccc(F)c(Br)c1. The van der Waals surface area contributed by atoms with Crippen molar-refractivity contribution in [3.05, 3.63) is 40.1 Å². The maximum absolute atomic E-state index is 12.7. The van der Waals surface area contributed by atoms with Crippen molar-refractivity contribution in [2.75, 3.05) is 0 Å². The van der Waals surface area contributed by atoms with Gasteiger partial charge in [-0.25, -0.2) is 4.39 Å². The van der Waals surface area contributed by atoms with Gasteiger partial charge in [-0.2, -0.15) is 0 Å². The quantitative estimate of drug-likeness (QED) is 0.671. The molecule has 0 saturated carbocycles. The van der Waals surface area contributed by atoms with E-state index in [9.17, 15) is 4.39 Å². The van der Waals surface area contributed by atoms with Gasteiger partial charge in [-0.15, -0.1) is 0 Å². The molecule has 0 fully saturated rings. The molecule has 0 radical (unpaired) electrons. The molecule has 0 atom stereocenters. The van der Waals surface area contributed by atoms with E-state index in [0.717, 1.165) is 5.56 Å². The van der Waals surface area contributed by atoms with Crippen LogP contribution in [-0.2, 0) is 0 Å². The summed E-state index contributed by atoms with van der Waals surface area (Å²) in [6.07, 6.45) is 3.84. The van der Waals surface area contributed by atoms with E-state index >= 15 is 0 Å². The van der Waals surface area contributed by atoms with Crippen LogP contribution in [0.2, 0.25) is 0 Å². The molecular weight excluding hydrogens is 207 g/mol. The largest absolute Gasteiger partial charge is 0.206 e. The van der Waals surface area contributed by atoms with Crippen molar-refractivity contribution in [2.24, 2.45) is 0 Å². The highest BCUT2D eigenvalue weighted by Gasteiger charge is 1.96. The number of rotatable bonds is 1. The summed E-state index contributed by atoms with van der Waals surface area (Å²) in [6.45, 7) is 1.93. The normalized spacial score (nSPS) is 10.8. The minimum Gasteiger partial charge on any atom is -0.206 e. The van der Waals surface area contributed by atoms with Gasteiger partial charge in [0.2, 0.25) is 0 Å². The minimum absolute atomic E-state index is 0.224. The first-order valence-corrected chi connectivity index (χ1v) is 4.11. The van der Waals surface area contributed by atoms with Gasteiger partial charge in [-0.05, 0) is 40.5 Å². The fraction of sp³-hybridized carbons (Fsp3) is 0.111. The van der Waals surface area contributed by atoms with Gasteiger partial charge in [0.15, 0.2) is 0 Å². The van der Waals surface area contributed by atoms with Gasteiger partial charge in [0.05, 0.1) is 4.47 Å². The van der Waals surface area contributed by atoms with Crippen molar-refractivity contribution in [3.8, 4) is 0 Å². The lowest BCUT2D eigenvalue weighted by Gasteiger charge is -1.95. The second-order valence-electron chi connectivity index (χ2n) is 2.17. The predicted octanol–water partition coefficient (Wildman–Crippen LogP) is 3.62. The first-order chi connectivity index (χ1) is 5.24. The fourth-order valence-corrected chi connectivity index (χ4v) is 1.20. The number of benzene rings is 1. The number of halogens is 2. The maximum atomic E-state index is 12.7. The van der Waals surface area contributed by atoms with Gasteiger partial charge in [0.25, 0.3) is 0 Å². The molecule has 1 aromatic carbocycles. The molecule has 58 valence electrons. The molecule has 0 unspecified atom stereocenters. The summed E-state index contributed by atoms with van der Waals surface area (Å²) in [5.41, 5.74) is 1.00. The van der Waals surface area contributed by atoms with E-state index in [1.807, 2.05) is 19.1 Å². The van der Waals surface area contributed by atoms with Gasteiger partial charge < -0.3 is 0 Å². The Labute approximate surface area is 73.9 Å². The summed E-state index contributed by atoms with van der Waals surface area (Å²) in [4.78, 5) is 0. The van der Waals surface area contributed by atoms with Gasteiger partial charge in [0, 0.05) is 0 Å². The van der Waals surface area contributed by atoms with Crippen LogP contribution in [0.1, 0.15) is 12.5 Å². The Morgan fingerprint density at radius 1 is 1.45 bits per heavy atom. The second-order valence-corrected chi connectivity index (χ2v) is 3.03. The Balaban J connectivity index is 3.05. The van der Waals surface area contributed by atoms with E-state index in [0.29, 0.717) is 4.47 Å². The van der Waals surface area contributed by atoms with Crippen LogP contribution in [0.25, 0.3) is 6.08 Å². The van der Waals surface area contributed by atoms with Crippen LogP contribution in [0.15, 0.2) is 28.7 Å². The Kier molecular flexibility index (Phi) is 2.83. The first-order valence-electron chi connectivity index (χ1n) is 3.32. The van der Waals surface area contributed by atoms with Crippen molar-refractivity contribution >= 4 is 22.0 Å². The highest BCUT2D eigenvalue weighted by Crippen LogP contribution is 2.17. The van der Waals surface area contributed by atoms with Crippen LogP contribution < -0.4 is 0 Å². The third-order valence-electron chi connectivity index (χ3n) is 1.30. The van der Waals surface area contributed by atoms with Crippen LogP contribution in [0.4, 0.5) is 4.39 Å². The average Bonchev–Trinajstić information content (AvgIpc) is 1.98. The molecule has 1 rings (SSSR count). The lowest BCUT2D eigenvalue weighted by Crippen LogP contribution is -1.77. The molecule has 0 bridgehead atoms. The zero-order valence-corrected chi connectivity index (χ0v) is 7.73.